The molecule has 0 amide bonds. The Morgan fingerprint density at radius 3 is 2.87 bits per heavy atom. The molecule has 0 aliphatic carbocycles. The van der Waals surface area contributed by atoms with E-state index in [-0.39, 0.29) is 0 Å². The summed E-state index contributed by atoms with van der Waals surface area (Å²) in [6.07, 6.45) is 1.93. The maximum absolute atomic E-state index is 5.77. The quantitative estimate of drug-likeness (QED) is 0.803. The predicted molar refractivity (Wildman–Crippen MR) is 61.7 cm³/mol. The fraction of sp³-hybridized carbons (Fsp3) is 0.333. The molecule has 3 N–H and O–H groups in total. The standard InChI is InChI=1S/C12H16N2O/c1-12(8-13,15-2)10-5-3-4-9-6-7-14-11(9)10/h3-7,14H,8,13H2,1-2H3. The van der Waals surface area contributed by atoms with Crippen molar-refractivity contribution in [3.05, 3.63) is 36.0 Å². The summed E-state index contributed by atoms with van der Waals surface area (Å²) in [4.78, 5) is 3.23. The highest BCUT2D eigenvalue weighted by Crippen LogP contribution is 2.29. The highest BCUT2D eigenvalue weighted by Gasteiger charge is 2.26. The van der Waals surface area contributed by atoms with E-state index in [2.05, 4.69) is 17.1 Å². The summed E-state index contributed by atoms with van der Waals surface area (Å²) in [6, 6.07) is 8.20. The van der Waals surface area contributed by atoms with Gasteiger partial charge in [0.05, 0.1) is 5.52 Å². The first-order valence-electron chi connectivity index (χ1n) is 5.03. The van der Waals surface area contributed by atoms with E-state index in [4.69, 9.17) is 10.5 Å². The number of hydrogen-bond donors (Lipinski definition) is 2. The number of nitrogens with one attached hydrogen (secondary N) is 1. The minimum Gasteiger partial charge on any atom is -0.372 e. The van der Waals surface area contributed by atoms with Crippen LogP contribution < -0.4 is 5.73 Å². The maximum atomic E-state index is 5.77. The predicted octanol–water partition coefficient (Wildman–Crippen LogP) is 1.99. The van der Waals surface area contributed by atoms with Gasteiger partial charge >= 0.3 is 0 Å². The van der Waals surface area contributed by atoms with Gasteiger partial charge in [-0.25, -0.2) is 0 Å². The Kier molecular flexibility index (Phi) is 2.50. The number of hydrogen-bond acceptors (Lipinski definition) is 2. The van der Waals surface area contributed by atoms with Crippen molar-refractivity contribution in [3.63, 3.8) is 0 Å². The van der Waals surface area contributed by atoms with Crippen LogP contribution >= 0.6 is 0 Å². The second-order valence-corrected chi connectivity index (χ2v) is 3.89. The zero-order valence-electron chi connectivity index (χ0n) is 9.08. The number of para-hydroxylation sites is 1. The van der Waals surface area contributed by atoms with Crippen molar-refractivity contribution in [1.29, 1.82) is 0 Å². The monoisotopic (exact) mass is 204 g/mol. The molecule has 0 radical (unpaired) electrons. The van der Waals surface area contributed by atoms with Gasteiger partial charge in [0.2, 0.25) is 0 Å². The summed E-state index contributed by atoms with van der Waals surface area (Å²) >= 11 is 0. The molecule has 0 bridgehead atoms. The van der Waals surface area contributed by atoms with Crippen LogP contribution in [0.5, 0.6) is 0 Å². The Labute approximate surface area is 89.2 Å². The molecule has 0 aliphatic rings. The molecule has 2 aromatic rings. The largest absolute Gasteiger partial charge is 0.372 e. The maximum Gasteiger partial charge on any atom is 0.104 e. The van der Waals surface area contributed by atoms with E-state index in [0.29, 0.717) is 6.54 Å². The number of H-pyrrole nitrogens is 1. The van der Waals surface area contributed by atoms with E-state index in [1.807, 2.05) is 25.3 Å². The van der Waals surface area contributed by atoms with Gasteiger partial charge in [-0.1, -0.05) is 18.2 Å². The number of aromatic amines is 1. The van der Waals surface area contributed by atoms with Crippen LogP contribution in [0.3, 0.4) is 0 Å². The van der Waals surface area contributed by atoms with Gasteiger partial charge in [-0.3, -0.25) is 0 Å². The molecule has 1 unspecified atom stereocenters. The molecule has 0 fully saturated rings. The number of benzene rings is 1. The lowest BCUT2D eigenvalue weighted by Crippen LogP contribution is -2.33. The van der Waals surface area contributed by atoms with Crippen molar-refractivity contribution in [2.24, 2.45) is 5.73 Å². The van der Waals surface area contributed by atoms with Crippen molar-refractivity contribution in [3.8, 4) is 0 Å². The molecule has 1 aromatic heterocycles. The van der Waals surface area contributed by atoms with Crippen LogP contribution in [0.25, 0.3) is 10.9 Å². The van der Waals surface area contributed by atoms with Crippen molar-refractivity contribution < 1.29 is 4.74 Å². The van der Waals surface area contributed by atoms with Crippen molar-refractivity contribution in [1.82, 2.24) is 4.98 Å². The van der Waals surface area contributed by atoms with Crippen LogP contribution in [0.2, 0.25) is 0 Å². The summed E-state index contributed by atoms with van der Waals surface area (Å²) < 4.78 is 5.51. The normalized spacial score (nSPS) is 15.4. The third kappa shape index (κ3) is 1.54. The lowest BCUT2D eigenvalue weighted by Gasteiger charge is -2.27. The Morgan fingerprint density at radius 1 is 1.40 bits per heavy atom. The fourth-order valence-corrected chi connectivity index (χ4v) is 1.83. The van der Waals surface area contributed by atoms with E-state index < -0.39 is 5.60 Å². The smallest absolute Gasteiger partial charge is 0.104 e. The zero-order chi connectivity index (χ0) is 10.9. The average molecular weight is 204 g/mol. The van der Waals surface area contributed by atoms with Gasteiger partial charge in [0.1, 0.15) is 5.60 Å². The molecule has 0 spiro atoms. The summed E-state index contributed by atoms with van der Waals surface area (Å²) in [6.45, 7) is 2.46. The Hall–Kier alpha value is -1.32. The zero-order valence-corrected chi connectivity index (χ0v) is 9.08. The molecule has 0 saturated heterocycles. The van der Waals surface area contributed by atoms with Gasteiger partial charge in [-0.2, -0.15) is 0 Å². The molecule has 3 heteroatoms. The first-order valence-corrected chi connectivity index (χ1v) is 5.03. The molecule has 0 saturated carbocycles. The minimum absolute atomic E-state index is 0.426. The highest BCUT2D eigenvalue weighted by atomic mass is 16.5. The Balaban J connectivity index is 2.64. The SMILES string of the molecule is COC(C)(CN)c1cccc2cc[nH]c12. The first kappa shape index (κ1) is 10.2. The minimum atomic E-state index is -0.426. The number of ether oxygens (including phenoxy) is 1. The molecule has 3 nitrogen and oxygen atoms in total. The van der Waals surface area contributed by atoms with E-state index in [9.17, 15) is 0 Å². The Morgan fingerprint density at radius 2 is 2.20 bits per heavy atom. The van der Waals surface area contributed by atoms with Crippen molar-refractivity contribution >= 4 is 10.9 Å². The second kappa shape index (κ2) is 3.68. The van der Waals surface area contributed by atoms with Crippen LogP contribution in [0.15, 0.2) is 30.5 Å². The number of methoxy groups -OCH3 is 1. The van der Waals surface area contributed by atoms with E-state index in [1.54, 1.807) is 7.11 Å². The summed E-state index contributed by atoms with van der Waals surface area (Å²) in [7, 11) is 1.69. The molecular formula is C12H16N2O. The fourth-order valence-electron chi connectivity index (χ4n) is 1.83. The topological polar surface area (TPSA) is 51.0 Å². The van der Waals surface area contributed by atoms with Gasteiger partial charge in [-0.15, -0.1) is 0 Å². The lowest BCUT2D eigenvalue weighted by molar-refractivity contribution is 0.0112. The molecule has 1 aromatic carbocycles. The molecule has 15 heavy (non-hydrogen) atoms. The van der Waals surface area contributed by atoms with Gasteiger partial charge in [0.15, 0.2) is 0 Å². The highest BCUT2D eigenvalue weighted by molar-refractivity contribution is 5.83. The van der Waals surface area contributed by atoms with Crippen LogP contribution in [0.1, 0.15) is 12.5 Å². The van der Waals surface area contributed by atoms with Gasteiger partial charge in [-0.05, 0) is 18.4 Å². The van der Waals surface area contributed by atoms with E-state index in [0.717, 1.165) is 11.1 Å². The number of nitrogens with two attached hydrogens (primary N) is 1. The third-order valence-electron chi connectivity index (χ3n) is 3.00. The molecule has 80 valence electrons. The van der Waals surface area contributed by atoms with Gasteiger partial charge in [0, 0.05) is 25.4 Å². The molecule has 2 rings (SSSR count). The third-order valence-corrected chi connectivity index (χ3v) is 3.00. The van der Waals surface area contributed by atoms with Gasteiger partial charge < -0.3 is 15.5 Å². The van der Waals surface area contributed by atoms with Crippen molar-refractivity contribution in [2.45, 2.75) is 12.5 Å². The van der Waals surface area contributed by atoms with Crippen molar-refractivity contribution in [2.75, 3.05) is 13.7 Å². The number of fused-ring (bicyclic) bond motifs is 1. The second-order valence-electron chi connectivity index (χ2n) is 3.89. The molecule has 0 aliphatic heterocycles. The van der Waals surface area contributed by atoms with Gasteiger partial charge in [0.25, 0.3) is 0 Å². The summed E-state index contributed by atoms with van der Waals surface area (Å²) in [5, 5.41) is 1.18. The lowest BCUT2D eigenvalue weighted by atomic mass is 9.94. The van der Waals surface area contributed by atoms with Crippen LogP contribution in [-0.4, -0.2) is 18.6 Å². The first-order chi connectivity index (χ1) is 7.21. The Bertz CT molecular complexity index is 457. The average Bonchev–Trinajstić information content (AvgIpc) is 2.75. The number of aromatic nitrogens is 1. The summed E-state index contributed by atoms with van der Waals surface area (Å²) in [5.41, 5.74) is 7.55. The van der Waals surface area contributed by atoms with Crippen LogP contribution in [-0.2, 0) is 10.3 Å². The van der Waals surface area contributed by atoms with Crippen LogP contribution in [0, 0.1) is 0 Å². The van der Waals surface area contributed by atoms with E-state index in [1.165, 1.54) is 5.39 Å². The van der Waals surface area contributed by atoms with Crippen LogP contribution in [0.4, 0.5) is 0 Å². The number of rotatable bonds is 3. The summed E-state index contributed by atoms with van der Waals surface area (Å²) in [5.74, 6) is 0. The van der Waals surface area contributed by atoms with E-state index >= 15 is 0 Å². The molecule has 1 atom stereocenters. The molecule has 1 heterocycles. The molecular weight excluding hydrogens is 188 g/mol.